The van der Waals surface area contributed by atoms with Gasteiger partial charge in [0.2, 0.25) is 15.9 Å². The molecule has 1 saturated heterocycles. The first-order chi connectivity index (χ1) is 13.8. The number of nitrogens with one attached hydrogen (secondary N) is 1. The normalized spacial score (nSPS) is 14.6. The molecule has 1 aliphatic rings. The largest absolute Gasteiger partial charge is 0.332 e. The Morgan fingerprint density at radius 3 is 2.41 bits per heavy atom. The van der Waals surface area contributed by atoms with E-state index in [-0.39, 0.29) is 27.9 Å². The summed E-state index contributed by atoms with van der Waals surface area (Å²) in [7, 11) is -2.21. The van der Waals surface area contributed by atoms with Crippen LogP contribution in [0, 0.1) is 0 Å². The molecule has 0 bridgehead atoms. The Morgan fingerprint density at radius 2 is 1.76 bits per heavy atom. The molecule has 2 aromatic carbocycles. The lowest BCUT2D eigenvalue weighted by molar-refractivity contribution is -0.116. The van der Waals surface area contributed by atoms with Crippen LogP contribution < -0.4 is 5.32 Å². The van der Waals surface area contributed by atoms with Gasteiger partial charge in [-0.05, 0) is 43.2 Å². The van der Waals surface area contributed by atoms with Gasteiger partial charge in [-0.25, -0.2) is 8.42 Å². The summed E-state index contributed by atoms with van der Waals surface area (Å²) < 4.78 is 26.9. The monoisotopic (exact) mass is 435 g/mol. The van der Waals surface area contributed by atoms with Gasteiger partial charge in [0.05, 0.1) is 22.0 Å². The zero-order valence-corrected chi connectivity index (χ0v) is 17.5. The summed E-state index contributed by atoms with van der Waals surface area (Å²) in [5, 5.41) is 2.83. The summed E-state index contributed by atoms with van der Waals surface area (Å²) >= 11 is 6.15. The minimum atomic E-state index is -3.68. The van der Waals surface area contributed by atoms with Gasteiger partial charge in [-0.15, -0.1) is 0 Å². The quantitative estimate of drug-likeness (QED) is 0.755. The van der Waals surface area contributed by atoms with Crippen molar-refractivity contribution in [3.8, 4) is 0 Å². The molecule has 9 heteroatoms. The Hall–Kier alpha value is -2.42. The Labute approximate surface area is 175 Å². The van der Waals surface area contributed by atoms with Gasteiger partial charge in [-0.2, -0.15) is 4.31 Å². The number of rotatable bonds is 6. The fourth-order valence-electron chi connectivity index (χ4n) is 3.12. The number of halogens is 1. The van der Waals surface area contributed by atoms with E-state index in [1.54, 1.807) is 24.3 Å². The number of para-hydroxylation sites is 1. The second kappa shape index (κ2) is 8.94. The van der Waals surface area contributed by atoms with Crippen LogP contribution in [0.15, 0.2) is 53.4 Å². The van der Waals surface area contributed by atoms with E-state index in [0.717, 1.165) is 12.8 Å². The maximum absolute atomic E-state index is 12.8. The fraction of sp³-hybridized carbons (Fsp3) is 0.300. The van der Waals surface area contributed by atoms with E-state index in [2.05, 4.69) is 5.32 Å². The van der Waals surface area contributed by atoms with Gasteiger partial charge in [0.15, 0.2) is 0 Å². The Morgan fingerprint density at radius 1 is 1.10 bits per heavy atom. The summed E-state index contributed by atoms with van der Waals surface area (Å²) in [5.74, 6) is -0.902. The van der Waals surface area contributed by atoms with E-state index in [9.17, 15) is 18.0 Å². The summed E-state index contributed by atoms with van der Waals surface area (Å²) in [6.45, 7) is 0.731. The van der Waals surface area contributed by atoms with Crippen LogP contribution in [0.3, 0.4) is 0 Å². The number of hydrogen-bond acceptors (Lipinski definition) is 4. The van der Waals surface area contributed by atoms with Crippen LogP contribution in [-0.4, -0.2) is 56.1 Å². The minimum absolute atomic E-state index is 0.0225. The standard InChI is InChI=1S/C20H22ClN3O4S/c1-23(14-19(25)22-15-7-3-2-4-8-15)20(26)17-13-16(9-10-18(17)21)29(27,28)24-11-5-6-12-24/h2-4,7-10,13H,5-6,11-12,14H2,1H3,(H,22,25). The topological polar surface area (TPSA) is 86.8 Å². The zero-order valence-electron chi connectivity index (χ0n) is 16.0. The van der Waals surface area contributed by atoms with E-state index in [1.165, 1.54) is 34.5 Å². The molecule has 1 heterocycles. The molecule has 1 aliphatic heterocycles. The first-order valence-electron chi connectivity index (χ1n) is 9.19. The molecule has 0 aromatic heterocycles. The number of carbonyl (C=O) groups excluding carboxylic acids is 2. The van der Waals surface area contributed by atoms with Crippen LogP contribution in [0.5, 0.6) is 0 Å². The number of amides is 2. The van der Waals surface area contributed by atoms with Gasteiger partial charge in [0, 0.05) is 25.8 Å². The molecule has 0 radical (unpaired) electrons. The number of sulfonamides is 1. The highest BCUT2D eigenvalue weighted by Gasteiger charge is 2.29. The van der Waals surface area contributed by atoms with Gasteiger partial charge in [-0.1, -0.05) is 29.8 Å². The van der Waals surface area contributed by atoms with Crippen molar-refractivity contribution >= 4 is 39.1 Å². The molecule has 2 aromatic rings. The highest BCUT2D eigenvalue weighted by molar-refractivity contribution is 7.89. The maximum Gasteiger partial charge on any atom is 0.255 e. The lowest BCUT2D eigenvalue weighted by Crippen LogP contribution is -2.35. The number of benzene rings is 2. The van der Waals surface area contributed by atoms with Gasteiger partial charge < -0.3 is 10.2 Å². The third-order valence-corrected chi connectivity index (χ3v) is 6.88. The van der Waals surface area contributed by atoms with Crippen molar-refractivity contribution in [1.82, 2.24) is 9.21 Å². The first kappa shape index (κ1) is 21.3. The number of carbonyl (C=O) groups is 2. The van der Waals surface area contributed by atoms with E-state index in [4.69, 9.17) is 11.6 Å². The van der Waals surface area contributed by atoms with Gasteiger partial charge in [0.1, 0.15) is 0 Å². The number of nitrogens with zero attached hydrogens (tertiary/aromatic N) is 2. The Balaban J connectivity index is 1.75. The summed E-state index contributed by atoms with van der Waals surface area (Å²) in [6, 6.07) is 13.0. The molecular formula is C20H22ClN3O4S. The van der Waals surface area contributed by atoms with Crippen molar-refractivity contribution in [2.24, 2.45) is 0 Å². The summed E-state index contributed by atoms with van der Waals surface area (Å²) in [4.78, 5) is 26.2. The molecule has 0 aliphatic carbocycles. The lowest BCUT2D eigenvalue weighted by Gasteiger charge is -2.19. The summed E-state index contributed by atoms with van der Waals surface area (Å²) in [6.07, 6.45) is 1.63. The Bertz CT molecular complexity index is 1010. The smallest absolute Gasteiger partial charge is 0.255 e. The molecule has 154 valence electrons. The third kappa shape index (κ3) is 4.95. The maximum atomic E-state index is 12.8. The van der Waals surface area contributed by atoms with E-state index >= 15 is 0 Å². The van der Waals surface area contributed by atoms with Crippen LogP contribution in [0.2, 0.25) is 5.02 Å². The van der Waals surface area contributed by atoms with E-state index in [0.29, 0.717) is 18.8 Å². The molecule has 7 nitrogen and oxygen atoms in total. The van der Waals surface area contributed by atoms with Crippen molar-refractivity contribution in [3.63, 3.8) is 0 Å². The lowest BCUT2D eigenvalue weighted by atomic mass is 10.2. The van der Waals surface area contributed by atoms with Gasteiger partial charge in [-0.3, -0.25) is 9.59 Å². The minimum Gasteiger partial charge on any atom is -0.332 e. The van der Waals surface area contributed by atoms with Gasteiger partial charge >= 0.3 is 0 Å². The predicted octanol–water partition coefficient (Wildman–Crippen LogP) is 2.84. The highest BCUT2D eigenvalue weighted by atomic mass is 35.5. The Kier molecular flexibility index (Phi) is 6.56. The SMILES string of the molecule is CN(CC(=O)Nc1ccccc1)C(=O)c1cc(S(=O)(=O)N2CCCC2)ccc1Cl. The van der Waals surface area contributed by atoms with Gasteiger partial charge in [0.25, 0.3) is 5.91 Å². The molecule has 0 unspecified atom stereocenters. The predicted molar refractivity (Wildman–Crippen MR) is 111 cm³/mol. The molecule has 3 rings (SSSR count). The molecule has 0 atom stereocenters. The van der Waals surface area contributed by atoms with Crippen LogP contribution in [0.4, 0.5) is 5.69 Å². The van der Waals surface area contributed by atoms with Crippen molar-refractivity contribution in [3.05, 3.63) is 59.1 Å². The number of hydrogen-bond donors (Lipinski definition) is 1. The second-order valence-corrected chi connectivity index (χ2v) is 9.17. The molecule has 1 N–H and O–H groups in total. The highest BCUT2D eigenvalue weighted by Crippen LogP contribution is 2.26. The molecule has 29 heavy (non-hydrogen) atoms. The first-order valence-corrected chi connectivity index (χ1v) is 11.0. The molecule has 0 spiro atoms. The van der Waals surface area contributed by atoms with Crippen LogP contribution in [0.1, 0.15) is 23.2 Å². The molecule has 0 saturated carbocycles. The average Bonchev–Trinajstić information content (AvgIpc) is 3.24. The zero-order chi connectivity index (χ0) is 21.0. The second-order valence-electron chi connectivity index (χ2n) is 6.83. The average molecular weight is 436 g/mol. The van der Waals surface area contributed by atoms with Crippen molar-refractivity contribution < 1.29 is 18.0 Å². The van der Waals surface area contributed by atoms with Crippen LogP contribution in [-0.2, 0) is 14.8 Å². The molecule has 2 amide bonds. The number of anilines is 1. The molecule has 1 fully saturated rings. The number of likely N-dealkylation sites (N-methyl/N-ethyl adjacent to an activating group) is 1. The van der Waals surface area contributed by atoms with Crippen LogP contribution >= 0.6 is 11.6 Å². The van der Waals surface area contributed by atoms with Crippen molar-refractivity contribution in [2.75, 3.05) is 32.0 Å². The fourth-order valence-corrected chi connectivity index (χ4v) is 4.86. The van der Waals surface area contributed by atoms with Crippen LogP contribution in [0.25, 0.3) is 0 Å². The van der Waals surface area contributed by atoms with Crippen molar-refractivity contribution in [2.45, 2.75) is 17.7 Å². The third-order valence-electron chi connectivity index (χ3n) is 4.66. The van der Waals surface area contributed by atoms with E-state index in [1.807, 2.05) is 6.07 Å². The molecular weight excluding hydrogens is 414 g/mol. The van der Waals surface area contributed by atoms with Crippen molar-refractivity contribution in [1.29, 1.82) is 0 Å². The van der Waals surface area contributed by atoms with E-state index < -0.39 is 15.9 Å². The summed E-state index contributed by atoms with van der Waals surface area (Å²) in [5.41, 5.74) is 0.664.